The molecule has 3 nitrogen and oxygen atoms in total. The minimum Gasteiger partial charge on any atom is -0.338 e. The number of aryl methyl sites for hydroxylation is 2. The number of benzene rings is 1. The van der Waals surface area contributed by atoms with E-state index in [1.807, 2.05) is 36.1 Å². The van der Waals surface area contributed by atoms with Crippen LogP contribution in [0.3, 0.4) is 0 Å². The van der Waals surface area contributed by atoms with Gasteiger partial charge in [-0.1, -0.05) is 25.1 Å². The normalized spacial score (nSPS) is 12.5. The quantitative estimate of drug-likeness (QED) is 0.809. The van der Waals surface area contributed by atoms with Gasteiger partial charge in [0.05, 0.1) is 0 Å². The zero-order valence-electron chi connectivity index (χ0n) is 12.8. The fourth-order valence-corrected chi connectivity index (χ4v) is 2.57. The maximum absolute atomic E-state index is 13.8. The zero-order valence-corrected chi connectivity index (χ0v) is 12.8. The summed E-state index contributed by atoms with van der Waals surface area (Å²) in [5, 5.41) is 3.38. The van der Waals surface area contributed by atoms with Gasteiger partial charge in [-0.25, -0.2) is 9.37 Å². The molecular weight excluding hydrogens is 265 g/mol. The minimum atomic E-state index is -0.101. The monoisotopic (exact) mass is 289 g/mol. The van der Waals surface area contributed by atoms with Gasteiger partial charge < -0.3 is 9.88 Å². The molecule has 1 heterocycles. The van der Waals surface area contributed by atoms with Crippen LogP contribution in [0.2, 0.25) is 0 Å². The molecule has 1 N–H and O–H groups in total. The van der Waals surface area contributed by atoms with Crippen molar-refractivity contribution in [3.05, 3.63) is 53.9 Å². The van der Waals surface area contributed by atoms with Crippen LogP contribution in [-0.4, -0.2) is 22.6 Å². The first-order chi connectivity index (χ1) is 10.2. The first-order valence-electron chi connectivity index (χ1n) is 7.61. The number of nitrogens with zero attached hydrogens (tertiary/aromatic N) is 2. The Kier molecular flexibility index (Phi) is 5.93. The van der Waals surface area contributed by atoms with Crippen molar-refractivity contribution in [2.45, 2.75) is 26.2 Å². The molecule has 1 aromatic carbocycles. The Morgan fingerprint density at radius 1 is 1.33 bits per heavy atom. The lowest BCUT2D eigenvalue weighted by Gasteiger charge is -2.17. The zero-order chi connectivity index (χ0) is 15.1. The molecule has 0 aliphatic rings. The molecule has 0 spiro atoms. The van der Waals surface area contributed by atoms with Gasteiger partial charge in [0.2, 0.25) is 0 Å². The molecule has 2 rings (SSSR count). The summed E-state index contributed by atoms with van der Waals surface area (Å²) < 4.78 is 15.9. The van der Waals surface area contributed by atoms with Gasteiger partial charge in [-0.2, -0.15) is 0 Å². The molecule has 4 heteroatoms. The average Bonchev–Trinajstić information content (AvgIpc) is 2.89. The number of rotatable bonds is 8. The van der Waals surface area contributed by atoms with Crippen LogP contribution >= 0.6 is 0 Å². The van der Waals surface area contributed by atoms with Crippen LogP contribution in [0.5, 0.6) is 0 Å². The van der Waals surface area contributed by atoms with E-state index < -0.39 is 0 Å². The van der Waals surface area contributed by atoms with Crippen LogP contribution in [0.4, 0.5) is 4.39 Å². The van der Waals surface area contributed by atoms with Gasteiger partial charge in [0.15, 0.2) is 0 Å². The number of aromatic nitrogens is 2. The third kappa shape index (κ3) is 4.67. The smallest absolute Gasteiger partial charge is 0.126 e. The SMILES string of the molecule is CCNCC(CCc1nccn1C)Cc1ccccc1F. The van der Waals surface area contributed by atoms with Gasteiger partial charge in [-0.05, 0) is 43.5 Å². The summed E-state index contributed by atoms with van der Waals surface area (Å²) in [5.41, 5.74) is 0.806. The van der Waals surface area contributed by atoms with Crippen molar-refractivity contribution in [1.82, 2.24) is 14.9 Å². The highest BCUT2D eigenvalue weighted by molar-refractivity contribution is 5.18. The number of hydrogen-bond acceptors (Lipinski definition) is 2. The first kappa shape index (κ1) is 15.7. The summed E-state index contributed by atoms with van der Waals surface area (Å²) >= 11 is 0. The predicted molar refractivity (Wildman–Crippen MR) is 83.7 cm³/mol. The molecule has 0 aliphatic carbocycles. The standard InChI is InChI=1S/C17H24FN3/c1-3-19-13-14(8-9-17-20-10-11-21(17)2)12-15-6-4-5-7-16(15)18/h4-7,10-11,14,19H,3,8-9,12-13H2,1-2H3. The summed E-state index contributed by atoms with van der Waals surface area (Å²) in [7, 11) is 2.01. The fourth-order valence-electron chi connectivity index (χ4n) is 2.57. The topological polar surface area (TPSA) is 29.9 Å². The van der Waals surface area contributed by atoms with Crippen LogP contribution in [0.15, 0.2) is 36.7 Å². The average molecular weight is 289 g/mol. The van der Waals surface area contributed by atoms with Crippen molar-refractivity contribution in [3.63, 3.8) is 0 Å². The van der Waals surface area contributed by atoms with E-state index in [2.05, 4.69) is 17.2 Å². The van der Waals surface area contributed by atoms with Crippen molar-refractivity contribution in [1.29, 1.82) is 0 Å². The van der Waals surface area contributed by atoms with Crippen LogP contribution < -0.4 is 5.32 Å². The van der Waals surface area contributed by atoms with Crippen LogP contribution in [0, 0.1) is 11.7 Å². The van der Waals surface area contributed by atoms with E-state index in [1.54, 1.807) is 12.1 Å². The van der Waals surface area contributed by atoms with E-state index >= 15 is 0 Å². The first-order valence-corrected chi connectivity index (χ1v) is 7.61. The second-order valence-corrected chi connectivity index (χ2v) is 5.46. The molecule has 0 saturated carbocycles. The van der Waals surface area contributed by atoms with E-state index in [-0.39, 0.29) is 5.82 Å². The molecule has 0 saturated heterocycles. The Morgan fingerprint density at radius 3 is 2.81 bits per heavy atom. The summed E-state index contributed by atoms with van der Waals surface area (Å²) in [5.74, 6) is 1.40. The maximum atomic E-state index is 13.8. The second kappa shape index (κ2) is 7.93. The lowest BCUT2D eigenvalue weighted by atomic mass is 9.94. The van der Waals surface area contributed by atoms with Crippen molar-refractivity contribution in [2.24, 2.45) is 13.0 Å². The van der Waals surface area contributed by atoms with Gasteiger partial charge in [-0.3, -0.25) is 0 Å². The summed E-state index contributed by atoms with van der Waals surface area (Å²) in [4.78, 5) is 4.36. The predicted octanol–water partition coefficient (Wildman–Crippen LogP) is 2.96. The molecule has 2 aromatic rings. The molecule has 0 amide bonds. The lowest BCUT2D eigenvalue weighted by Crippen LogP contribution is -2.25. The van der Waals surface area contributed by atoms with E-state index in [9.17, 15) is 4.39 Å². The number of halogens is 1. The fraction of sp³-hybridized carbons (Fsp3) is 0.471. The van der Waals surface area contributed by atoms with Gasteiger partial charge in [0.25, 0.3) is 0 Å². The Morgan fingerprint density at radius 2 is 2.14 bits per heavy atom. The summed E-state index contributed by atoms with van der Waals surface area (Å²) in [6.07, 6.45) is 6.49. The van der Waals surface area contributed by atoms with Gasteiger partial charge >= 0.3 is 0 Å². The number of hydrogen-bond donors (Lipinski definition) is 1. The Labute approximate surface area is 126 Å². The molecule has 21 heavy (non-hydrogen) atoms. The van der Waals surface area contributed by atoms with Crippen molar-refractivity contribution in [3.8, 4) is 0 Å². The molecule has 1 atom stereocenters. The Hall–Kier alpha value is -1.68. The van der Waals surface area contributed by atoms with Crippen molar-refractivity contribution >= 4 is 0 Å². The van der Waals surface area contributed by atoms with Gasteiger partial charge in [-0.15, -0.1) is 0 Å². The maximum Gasteiger partial charge on any atom is 0.126 e. The van der Waals surface area contributed by atoms with E-state index in [0.717, 1.165) is 43.7 Å². The van der Waals surface area contributed by atoms with Gasteiger partial charge in [0.1, 0.15) is 11.6 Å². The summed E-state index contributed by atoms with van der Waals surface area (Å²) in [6, 6.07) is 7.07. The highest BCUT2D eigenvalue weighted by Crippen LogP contribution is 2.17. The minimum absolute atomic E-state index is 0.101. The largest absolute Gasteiger partial charge is 0.338 e. The molecule has 114 valence electrons. The molecular formula is C17H24FN3. The van der Waals surface area contributed by atoms with Crippen LogP contribution in [0.25, 0.3) is 0 Å². The van der Waals surface area contributed by atoms with Crippen molar-refractivity contribution in [2.75, 3.05) is 13.1 Å². The lowest BCUT2D eigenvalue weighted by molar-refractivity contribution is 0.435. The van der Waals surface area contributed by atoms with E-state index in [0.29, 0.717) is 5.92 Å². The Balaban J connectivity index is 1.97. The van der Waals surface area contributed by atoms with Crippen LogP contribution in [-0.2, 0) is 19.9 Å². The highest BCUT2D eigenvalue weighted by atomic mass is 19.1. The number of imidazole rings is 1. The van der Waals surface area contributed by atoms with Gasteiger partial charge in [0, 0.05) is 25.9 Å². The molecule has 0 bridgehead atoms. The van der Waals surface area contributed by atoms with Crippen LogP contribution in [0.1, 0.15) is 24.7 Å². The summed E-state index contributed by atoms with van der Waals surface area (Å²) in [6.45, 7) is 3.95. The van der Waals surface area contributed by atoms with E-state index in [4.69, 9.17) is 0 Å². The third-order valence-electron chi connectivity index (χ3n) is 3.85. The highest BCUT2D eigenvalue weighted by Gasteiger charge is 2.13. The molecule has 1 unspecified atom stereocenters. The molecule has 1 aromatic heterocycles. The van der Waals surface area contributed by atoms with Crippen molar-refractivity contribution < 1.29 is 4.39 Å². The molecule has 0 radical (unpaired) electrons. The third-order valence-corrected chi connectivity index (χ3v) is 3.85. The Bertz CT molecular complexity index is 550. The van der Waals surface area contributed by atoms with E-state index in [1.165, 1.54) is 0 Å². The second-order valence-electron chi connectivity index (χ2n) is 5.46. The number of nitrogens with one attached hydrogen (secondary N) is 1. The molecule has 0 fully saturated rings. The molecule has 0 aliphatic heterocycles.